The molecule has 1 aromatic heterocycles. The summed E-state index contributed by atoms with van der Waals surface area (Å²) in [6.07, 6.45) is 3.00. The zero-order valence-electron chi connectivity index (χ0n) is 12.4. The number of carbonyl (C=O) groups is 2. The molecule has 1 unspecified atom stereocenters. The Hall–Kier alpha value is -1.47. The highest BCUT2D eigenvalue weighted by molar-refractivity contribution is 7.09. The van der Waals surface area contributed by atoms with E-state index in [4.69, 9.17) is 0 Å². The second-order valence-corrected chi connectivity index (χ2v) is 6.46. The first-order valence-corrected chi connectivity index (χ1v) is 7.95. The number of nitrogens with zero attached hydrogens (tertiary/aromatic N) is 3. The van der Waals surface area contributed by atoms with Gasteiger partial charge < -0.3 is 10.0 Å². The maximum absolute atomic E-state index is 11.7. The molecule has 1 aliphatic heterocycles. The average Bonchev–Trinajstić information content (AvgIpc) is 2.86. The summed E-state index contributed by atoms with van der Waals surface area (Å²) >= 11 is 1.46. The summed E-state index contributed by atoms with van der Waals surface area (Å²) in [5.74, 6) is -0.731. The highest BCUT2D eigenvalue weighted by Crippen LogP contribution is 2.21. The predicted molar refractivity (Wildman–Crippen MR) is 80.2 cm³/mol. The molecule has 2 heterocycles. The van der Waals surface area contributed by atoms with Crippen molar-refractivity contribution >= 4 is 23.2 Å². The smallest absolute Gasteiger partial charge is 0.320 e. The molecule has 0 bridgehead atoms. The fourth-order valence-electron chi connectivity index (χ4n) is 2.46. The minimum absolute atomic E-state index is 0.0253. The molecule has 7 heteroatoms. The highest BCUT2D eigenvalue weighted by atomic mass is 32.1. The number of rotatable bonds is 5. The van der Waals surface area contributed by atoms with Crippen molar-refractivity contribution in [2.24, 2.45) is 0 Å². The number of thiazole rings is 1. The van der Waals surface area contributed by atoms with Crippen LogP contribution in [0.4, 0.5) is 0 Å². The van der Waals surface area contributed by atoms with Gasteiger partial charge in [-0.15, -0.1) is 11.3 Å². The van der Waals surface area contributed by atoms with Crippen LogP contribution >= 0.6 is 11.3 Å². The minimum Gasteiger partial charge on any atom is -0.480 e. The molecule has 0 aromatic carbocycles. The van der Waals surface area contributed by atoms with E-state index in [1.807, 2.05) is 10.3 Å². The Labute approximate surface area is 128 Å². The van der Waals surface area contributed by atoms with Crippen molar-refractivity contribution in [1.29, 1.82) is 0 Å². The van der Waals surface area contributed by atoms with Gasteiger partial charge in [-0.3, -0.25) is 14.5 Å². The van der Waals surface area contributed by atoms with Crippen LogP contribution in [0.25, 0.3) is 0 Å². The Kier molecular flexibility index (Phi) is 5.30. The van der Waals surface area contributed by atoms with E-state index in [1.54, 1.807) is 19.0 Å². The van der Waals surface area contributed by atoms with Gasteiger partial charge in [0, 0.05) is 26.0 Å². The fourth-order valence-corrected chi connectivity index (χ4v) is 3.23. The summed E-state index contributed by atoms with van der Waals surface area (Å²) in [5, 5.41) is 12.0. The SMILES string of the molecule is CN(C)C(=O)Cc1nc(CN2CCCCC2C(=O)O)cs1. The number of piperidine rings is 1. The van der Waals surface area contributed by atoms with Crippen LogP contribution in [0.5, 0.6) is 0 Å². The first-order valence-electron chi connectivity index (χ1n) is 7.07. The van der Waals surface area contributed by atoms with Gasteiger partial charge in [0.2, 0.25) is 5.91 Å². The number of aliphatic carboxylic acids is 1. The molecule has 116 valence electrons. The van der Waals surface area contributed by atoms with Crippen LogP contribution in [-0.4, -0.2) is 58.4 Å². The largest absolute Gasteiger partial charge is 0.480 e. The third-order valence-corrected chi connectivity index (χ3v) is 4.56. The lowest BCUT2D eigenvalue weighted by atomic mass is 10.0. The molecule has 1 aromatic rings. The second kappa shape index (κ2) is 7.00. The quantitative estimate of drug-likeness (QED) is 0.885. The summed E-state index contributed by atoms with van der Waals surface area (Å²) in [5.41, 5.74) is 0.856. The van der Waals surface area contributed by atoms with Gasteiger partial charge in [-0.25, -0.2) is 4.98 Å². The van der Waals surface area contributed by atoms with E-state index in [9.17, 15) is 14.7 Å². The van der Waals surface area contributed by atoms with Crippen molar-refractivity contribution in [3.8, 4) is 0 Å². The molecule has 1 fully saturated rings. The lowest BCUT2D eigenvalue weighted by Crippen LogP contribution is -2.44. The van der Waals surface area contributed by atoms with Crippen molar-refractivity contribution in [1.82, 2.24) is 14.8 Å². The number of likely N-dealkylation sites (N-methyl/N-ethyl adjacent to an activating group) is 1. The molecular weight excluding hydrogens is 290 g/mol. The molecule has 1 atom stereocenters. The third kappa shape index (κ3) is 4.25. The van der Waals surface area contributed by atoms with Gasteiger partial charge in [0.1, 0.15) is 11.0 Å². The first-order chi connectivity index (χ1) is 9.97. The van der Waals surface area contributed by atoms with Gasteiger partial charge in [0.05, 0.1) is 12.1 Å². The topological polar surface area (TPSA) is 73.7 Å². The van der Waals surface area contributed by atoms with E-state index in [2.05, 4.69) is 4.98 Å². The van der Waals surface area contributed by atoms with E-state index in [1.165, 1.54) is 11.3 Å². The molecule has 1 saturated heterocycles. The number of carboxylic acids is 1. The lowest BCUT2D eigenvalue weighted by Gasteiger charge is -2.32. The average molecular weight is 311 g/mol. The molecule has 1 N–H and O–H groups in total. The number of hydrogen-bond acceptors (Lipinski definition) is 5. The minimum atomic E-state index is -0.757. The Bertz CT molecular complexity index is 515. The Morgan fingerprint density at radius 3 is 2.90 bits per heavy atom. The van der Waals surface area contributed by atoms with E-state index >= 15 is 0 Å². The summed E-state index contributed by atoms with van der Waals surface area (Å²) in [4.78, 5) is 30.9. The Morgan fingerprint density at radius 2 is 2.24 bits per heavy atom. The van der Waals surface area contributed by atoms with Crippen molar-refractivity contribution < 1.29 is 14.7 Å². The summed E-state index contributed by atoms with van der Waals surface area (Å²) in [7, 11) is 3.45. The number of carbonyl (C=O) groups excluding carboxylic acids is 1. The molecule has 0 radical (unpaired) electrons. The van der Waals surface area contributed by atoms with Gasteiger partial charge in [-0.05, 0) is 19.4 Å². The number of carboxylic acid groups (broad SMARTS) is 1. The van der Waals surface area contributed by atoms with Gasteiger partial charge in [-0.1, -0.05) is 6.42 Å². The molecule has 0 aliphatic carbocycles. The lowest BCUT2D eigenvalue weighted by molar-refractivity contribution is -0.144. The Balaban J connectivity index is 1.98. The van der Waals surface area contributed by atoms with Gasteiger partial charge in [0.15, 0.2) is 0 Å². The zero-order chi connectivity index (χ0) is 15.4. The van der Waals surface area contributed by atoms with Crippen LogP contribution in [0.3, 0.4) is 0 Å². The van der Waals surface area contributed by atoms with E-state index in [0.29, 0.717) is 19.4 Å². The molecule has 1 aliphatic rings. The van der Waals surface area contributed by atoms with E-state index < -0.39 is 12.0 Å². The maximum Gasteiger partial charge on any atom is 0.320 e. The van der Waals surface area contributed by atoms with Crippen LogP contribution in [0.1, 0.15) is 30.0 Å². The third-order valence-electron chi connectivity index (χ3n) is 3.66. The van der Waals surface area contributed by atoms with E-state index in [-0.39, 0.29) is 5.91 Å². The molecule has 0 spiro atoms. The second-order valence-electron chi connectivity index (χ2n) is 5.52. The molecule has 21 heavy (non-hydrogen) atoms. The fraction of sp³-hybridized carbons (Fsp3) is 0.643. The molecule has 0 saturated carbocycles. The van der Waals surface area contributed by atoms with Crippen LogP contribution in [0.15, 0.2) is 5.38 Å². The number of aromatic nitrogens is 1. The van der Waals surface area contributed by atoms with Crippen LogP contribution in [-0.2, 0) is 22.6 Å². The number of likely N-dealkylation sites (tertiary alicyclic amines) is 1. The Morgan fingerprint density at radius 1 is 1.48 bits per heavy atom. The summed E-state index contributed by atoms with van der Waals surface area (Å²) in [6.45, 7) is 1.34. The van der Waals surface area contributed by atoms with Gasteiger partial charge in [0.25, 0.3) is 0 Å². The van der Waals surface area contributed by atoms with Crippen molar-refractivity contribution in [3.63, 3.8) is 0 Å². The predicted octanol–water partition coefficient (Wildman–Crippen LogP) is 1.21. The molecule has 6 nitrogen and oxygen atoms in total. The van der Waals surface area contributed by atoms with Gasteiger partial charge >= 0.3 is 5.97 Å². The maximum atomic E-state index is 11.7. The molecular formula is C14H21N3O3S. The molecule has 2 rings (SSSR count). The van der Waals surface area contributed by atoms with Crippen LogP contribution < -0.4 is 0 Å². The van der Waals surface area contributed by atoms with Crippen molar-refractivity contribution in [2.75, 3.05) is 20.6 Å². The van der Waals surface area contributed by atoms with Crippen LogP contribution in [0.2, 0.25) is 0 Å². The highest BCUT2D eigenvalue weighted by Gasteiger charge is 2.28. The van der Waals surface area contributed by atoms with Crippen LogP contribution in [0, 0.1) is 0 Å². The normalized spacial score (nSPS) is 19.4. The van der Waals surface area contributed by atoms with Crippen molar-refractivity contribution in [3.05, 3.63) is 16.1 Å². The summed E-state index contributed by atoms with van der Waals surface area (Å²) < 4.78 is 0. The number of amides is 1. The zero-order valence-corrected chi connectivity index (χ0v) is 13.2. The first kappa shape index (κ1) is 15.9. The number of hydrogen-bond donors (Lipinski definition) is 1. The molecule has 1 amide bonds. The standard InChI is InChI=1S/C14H21N3O3S/c1-16(2)13(18)7-12-15-10(9-21-12)8-17-6-4-3-5-11(17)14(19)20/h9,11H,3-8H2,1-2H3,(H,19,20). The van der Waals surface area contributed by atoms with E-state index in [0.717, 1.165) is 30.1 Å². The van der Waals surface area contributed by atoms with Gasteiger partial charge in [-0.2, -0.15) is 0 Å². The van der Waals surface area contributed by atoms with Crippen molar-refractivity contribution in [2.45, 2.75) is 38.3 Å². The monoisotopic (exact) mass is 311 g/mol. The summed E-state index contributed by atoms with van der Waals surface area (Å²) in [6, 6.07) is -0.410.